The quantitative estimate of drug-likeness (QED) is 0.375. The molecule has 1 saturated carbocycles. The van der Waals surface area contributed by atoms with E-state index in [0.29, 0.717) is 17.7 Å². The predicted molar refractivity (Wildman–Crippen MR) is 100 cm³/mol. The van der Waals surface area contributed by atoms with E-state index in [2.05, 4.69) is 10.2 Å². The molecule has 1 aromatic carbocycles. The van der Waals surface area contributed by atoms with Gasteiger partial charge in [0.1, 0.15) is 0 Å². The van der Waals surface area contributed by atoms with E-state index in [4.69, 9.17) is 4.74 Å². The second-order valence-corrected chi connectivity index (χ2v) is 9.97. The van der Waals surface area contributed by atoms with E-state index in [1.165, 1.54) is 12.8 Å². The first-order valence-electron chi connectivity index (χ1n) is 8.77. The van der Waals surface area contributed by atoms with Crippen LogP contribution in [0.5, 0.6) is 5.75 Å². The molecule has 1 N–H and O–H groups in total. The van der Waals surface area contributed by atoms with Crippen molar-refractivity contribution in [3.8, 4) is 17.0 Å². The Morgan fingerprint density at radius 2 is 2.04 bits per heavy atom. The van der Waals surface area contributed by atoms with Crippen molar-refractivity contribution < 1.29 is 26.5 Å². The summed E-state index contributed by atoms with van der Waals surface area (Å²) in [6.07, 6.45) is 6.49. The number of hydrogen-bond acceptors (Lipinski definition) is 3. The van der Waals surface area contributed by atoms with Crippen molar-refractivity contribution in [1.82, 2.24) is 10.2 Å². The zero-order valence-electron chi connectivity index (χ0n) is 14.8. The van der Waals surface area contributed by atoms with Gasteiger partial charge in [-0.25, -0.2) is 0 Å². The number of benzene rings is 1. The Balaban J connectivity index is 0.00000210. The molecule has 2 heterocycles. The van der Waals surface area contributed by atoms with Crippen molar-refractivity contribution in [2.24, 2.45) is 0 Å². The number of carbonyl (C=O) groups excluding carboxylic acids is 1. The number of nitrogens with one attached hydrogen (secondary N) is 1. The minimum atomic E-state index is -0.435. The summed E-state index contributed by atoms with van der Waals surface area (Å²) < 4.78 is 8.89. The summed E-state index contributed by atoms with van der Waals surface area (Å²) in [5, 5.41) is 7.39. The number of pyridine rings is 1. The number of para-hydroxylation sites is 1. The summed E-state index contributed by atoms with van der Waals surface area (Å²) in [4.78, 5) is 12.1. The van der Waals surface area contributed by atoms with Crippen molar-refractivity contribution in [2.75, 3.05) is 0 Å². The molecule has 4 rings (SSSR count). The van der Waals surface area contributed by atoms with Gasteiger partial charge in [0.2, 0.25) is 0 Å². The van der Waals surface area contributed by atoms with E-state index >= 15 is 0 Å². The van der Waals surface area contributed by atoms with Crippen molar-refractivity contribution >= 4 is 20.3 Å². The zero-order chi connectivity index (χ0) is 17.8. The Bertz CT molecular complexity index is 897. The average Bonchev–Trinajstić information content (AvgIpc) is 3.34. The van der Waals surface area contributed by atoms with Crippen LogP contribution >= 0.6 is 0 Å². The van der Waals surface area contributed by atoms with Crippen LogP contribution in [0.15, 0.2) is 60.9 Å². The van der Waals surface area contributed by atoms with Crippen LogP contribution in [0.4, 0.5) is 0 Å². The summed E-state index contributed by atoms with van der Waals surface area (Å²) in [7, 11) is 0. The van der Waals surface area contributed by atoms with Gasteiger partial charge in [0.05, 0.1) is 0 Å². The molecule has 27 heavy (non-hydrogen) atoms. The fraction of sp³-hybridized carbons (Fsp3) is 0.250. The first-order valence-corrected chi connectivity index (χ1v) is 11.0. The molecule has 140 valence electrons. The third-order valence-corrected chi connectivity index (χ3v) is 7.27. The van der Waals surface area contributed by atoms with Gasteiger partial charge in [-0.2, -0.15) is 0 Å². The third kappa shape index (κ3) is 5.69. The smallest absolute Gasteiger partial charge is 1.00 e. The SMILES string of the molecule is O=C(C[n+]1cccc(-c2cc(COc3ccccc3)n[nH]2)c1)[AsH]C1CC1.[Cl-]. The molecule has 1 fully saturated rings. The molecule has 0 aliphatic heterocycles. The average molecular weight is 446 g/mol. The van der Waals surface area contributed by atoms with Crippen molar-refractivity contribution in [3.05, 3.63) is 66.6 Å². The van der Waals surface area contributed by atoms with E-state index < -0.39 is 15.8 Å². The van der Waals surface area contributed by atoms with Crippen LogP contribution < -0.4 is 21.7 Å². The molecule has 0 saturated heterocycles. The second-order valence-electron chi connectivity index (χ2n) is 6.48. The van der Waals surface area contributed by atoms with Gasteiger partial charge in [-0.3, -0.25) is 0 Å². The second kappa shape index (κ2) is 9.20. The van der Waals surface area contributed by atoms with Gasteiger partial charge in [0.15, 0.2) is 0 Å². The Morgan fingerprint density at radius 3 is 2.81 bits per heavy atom. The molecule has 0 spiro atoms. The molecule has 0 radical (unpaired) electrons. The van der Waals surface area contributed by atoms with Crippen molar-refractivity contribution in [2.45, 2.75) is 30.7 Å². The Kier molecular flexibility index (Phi) is 6.70. The van der Waals surface area contributed by atoms with Gasteiger partial charge in [-0.15, -0.1) is 0 Å². The molecule has 5 nitrogen and oxygen atoms in total. The Labute approximate surface area is 171 Å². The zero-order valence-corrected chi connectivity index (χ0v) is 17.6. The monoisotopic (exact) mass is 445 g/mol. The standard InChI is InChI=1S/C20H21AsN3O2.ClH/c25-20(21-16-8-9-16)13-24-10-4-5-15(12-24)19-11-17(22-23-19)14-26-18-6-2-1-3-7-18;/h1-7,10-12,16,21H,8-9,13-14H2,(H,22,23);1H/q+1;/p-1. The van der Waals surface area contributed by atoms with E-state index in [1.807, 2.05) is 65.5 Å². The molecule has 3 aromatic rings. The van der Waals surface area contributed by atoms with Crippen LogP contribution in [0.2, 0.25) is 4.71 Å². The molecule has 7 heteroatoms. The molecule has 1 atom stereocenters. The van der Waals surface area contributed by atoms with E-state index in [-0.39, 0.29) is 12.4 Å². The van der Waals surface area contributed by atoms with Crippen LogP contribution in [-0.2, 0) is 17.9 Å². The number of ether oxygens (including phenoxy) is 1. The van der Waals surface area contributed by atoms with Crippen LogP contribution in [-0.4, -0.2) is 30.5 Å². The van der Waals surface area contributed by atoms with Gasteiger partial charge in [-0.05, 0) is 0 Å². The molecule has 2 aromatic heterocycles. The molecule has 0 bridgehead atoms. The van der Waals surface area contributed by atoms with Gasteiger partial charge in [0.25, 0.3) is 0 Å². The summed E-state index contributed by atoms with van der Waals surface area (Å²) in [5.74, 6) is 0.826. The fourth-order valence-corrected chi connectivity index (χ4v) is 5.19. The van der Waals surface area contributed by atoms with Gasteiger partial charge in [0, 0.05) is 0 Å². The van der Waals surface area contributed by atoms with Gasteiger partial charge < -0.3 is 12.4 Å². The van der Waals surface area contributed by atoms with Crippen LogP contribution in [0.1, 0.15) is 18.5 Å². The first-order chi connectivity index (χ1) is 12.8. The largest absolute Gasteiger partial charge is 1.00 e. The third-order valence-electron chi connectivity index (χ3n) is 4.20. The Hall–Kier alpha value is -2.10. The molecule has 1 unspecified atom stereocenters. The van der Waals surface area contributed by atoms with Crippen LogP contribution in [0, 0.1) is 0 Å². The van der Waals surface area contributed by atoms with Gasteiger partial charge in [-0.1, -0.05) is 18.2 Å². The summed E-state index contributed by atoms with van der Waals surface area (Å²) in [6.45, 7) is 0.903. The number of H-pyrrole nitrogens is 1. The summed E-state index contributed by atoms with van der Waals surface area (Å²) >= 11 is -0.435. The van der Waals surface area contributed by atoms with Gasteiger partial charge >= 0.3 is 141 Å². The van der Waals surface area contributed by atoms with Crippen LogP contribution in [0.3, 0.4) is 0 Å². The number of hydrogen-bond donors (Lipinski definition) is 1. The normalized spacial score (nSPS) is 13.5. The molecular formula is C20H21AsClN3O2. The maximum absolute atomic E-state index is 12.1. The fourth-order valence-electron chi connectivity index (χ4n) is 2.71. The molecular weight excluding hydrogens is 425 g/mol. The number of nitrogens with zero attached hydrogens (tertiary/aromatic N) is 2. The van der Waals surface area contributed by atoms with Crippen LogP contribution in [0.25, 0.3) is 11.3 Å². The predicted octanol–water partition coefficient (Wildman–Crippen LogP) is -0.507. The van der Waals surface area contributed by atoms with Crippen molar-refractivity contribution in [3.63, 3.8) is 0 Å². The minimum Gasteiger partial charge on any atom is -1.00 e. The van der Waals surface area contributed by atoms with E-state index in [0.717, 1.165) is 27.4 Å². The van der Waals surface area contributed by atoms with Crippen molar-refractivity contribution in [1.29, 1.82) is 0 Å². The Morgan fingerprint density at radius 1 is 1.22 bits per heavy atom. The minimum absolute atomic E-state index is 0. The number of aromatic amines is 1. The molecule has 1 aliphatic rings. The summed E-state index contributed by atoms with van der Waals surface area (Å²) in [6, 6.07) is 15.7. The van der Waals surface area contributed by atoms with E-state index in [9.17, 15) is 4.79 Å². The summed E-state index contributed by atoms with van der Waals surface area (Å²) in [5.41, 5.74) is 2.79. The topological polar surface area (TPSA) is 58.9 Å². The molecule has 0 amide bonds. The van der Waals surface area contributed by atoms with E-state index in [1.54, 1.807) is 0 Å². The number of carbonyl (C=O) groups is 1. The first kappa shape index (κ1) is 19.7. The number of rotatable bonds is 8. The maximum atomic E-state index is 12.1. The number of aromatic nitrogens is 3. The molecule has 1 aliphatic carbocycles. The maximum Gasteiger partial charge on any atom is -1.00 e. The number of halogens is 1.